The molecule has 2 N–H and O–H groups in total. The summed E-state index contributed by atoms with van der Waals surface area (Å²) in [5.41, 5.74) is 1.39. The van der Waals surface area contributed by atoms with E-state index in [1.54, 1.807) is 29.3 Å². The Morgan fingerprint density at radius 3 is 2.93 bits per heavy atom. The van der Waals surface area contributed by atoms with Crippen LogP contribution in [0.1, 0.15) is 16.8 Å². The van der Waals surface area contributed by atoms with E-state index in [1.807, 2.05) is 24.3 Å². The van der Waals surface area contributed by atoms with Gasteiger partial charge in [-0.3, -0.25) is 19.4 Å². The van der Waals surface area contributed by atoms with Crippen molar-refractivity contribution in [1.29, 1.82) is 0 Å². The Kier molecular flexibility index (Phi) is 5.57. The number of hydrogen-bond donors (Lipinski definition) is 2. The minimum atomic E-state index is -0.477. The lowest BCUT2D eigenvalue weighted by atomic mass is 10.0. The van der Waals surface area contributed by atoms with Gasteiger partial charge in [-0.05, 0) is 18.6 Å². The van der Waals surface area contributed by atoms with Gasteiger partial charge in [0, 0.05) is 43.5 Å². The molecule has 0 radical (unpaired) electrons. The van der Waals surface area contributed by atoms with Gasteiger partial charge in [-0.1, -0.05) is 29.8 Å². The molecular formula is C20H22ClN5O2. The third-order valence-corrected chi connectivity index (χ3v) is 5.18. The van der Waals surface area contributed by atoms with Crippen molar-refractivity contribution >= 4 is 28.4 Å². The highest BCUT2D eigenvalue weighted by Gasteiger charge is 2.27. The third kappa shape index (κ3) is 4.32. The summed E-state index contributed by atoms with van der Waals surface area (Å²) >= 11 is 5.90. The molecule has 0 spiro atoms. The number of carbonyl (C=O) groups excluding carboxylic acids is 1. The number of para-hydroxylation sites is 1. The summed E-state index contributed by atoms with van der Waals surface area (Å²) in [6.07, 6.45) is 5.09. The number of carbonyl (C=O) groups is 1. The van der Waals surface area contributed by atoms with Crippen molar-refractivity contribution in [3.05, 3.63) is 59.5 Å². The Morgan fingerprint density at radius 1 is 1.25 bits per heavy atom. The largest absolute Gasteiger partial charge is 0.392 e. The van der Waals surface area contributed by atoms with Gasteiger partial charge >= 0.3 is 0 Å². The number of nitrogens with one attached hydrogen (secondary N) is 1. The van der Waals surface area contributed by atoms with E-state index >= 15 is 0 Å². The highest BCUT2D eigenvalue weighted by atomic mass is 35.5. The molecule has 1 aliphatic rings. The summed E-state index contributed by atoms with van der Waals surface area (Å²) < 4.78 is 1.78. The third-order valence-electron chi connectivity index (χ3n) is 4.98. The van der Waals surface area contributed by atoms with Crippen molar-refractivity contribution in [2.24, 2.45) is 0 Å². The van der Waals surface area contributed by atoms with E-state index in [0.29, 0.717) is 36.6 Å². The number of aliphatic hydroxyl groups is 1. The molecule has 7 nitrogen and oxygen atoms in total. The van der Waals surface area contributed by atoms with Gasteiger partial charge < -0.3 is 10.4 Å². The van der Waals surface area contributed by atoms with Crippen LogP contribution in [0.2, 0.25) is 5.02 Å². The predicted octanol–water partition coefficient (Wildman–Crippen LogP) is 1.95. The second kappa shape index (κ2) is 8.26. The van der Waals surface area contributed by atoms with Crippen molar-refractivity contribution in [3.63, 3.8) is 0 Å². The summed E-state index contributed by atoms with van der Waals surface area (Å²) in [6.45, 7) is 2.66. The van der Waals surface area contributed by atoms with Gasteiger partial charge in [-0.25, -0.2) is 0 Å². The van der Waals surface area contributed by atoms with E-state index in [2.05, 4.69) is 20.3 Å². The number of halogens is 1. The van der Waals surface area contributed by atoms with E-state index in [1.165, 1.54) is 0 Å². The van der Waals surface area contributed by atoms with Crippen LogP contribution < -0.4 is 5.32 Å². The summed E-state index contributed by atoms with van der Waals surface area (Å²) in [6, 6.07) is 9.20. The smallest absolute Gasteiger partial charge is 0.252 e. The fraction of sp³-hybridized carbons (Fsp3) is 0.350. The molecule has 1 aromatic carbocycles. The molecule has 1 saturated heterocycles. The second-order valence-corrected chi connectivity index (χ2v) is 7.55. The molecule has 2 aromatic heterocycles. The van der Waals surface area contributed by atoms with Gasteiger partial charge in [0.2, 0.25) is 0 Å². The maximum atomic E-state index is 12.9. The molecule has 0 saturated carbocycles. The molecule has 28 heavy (non-hydrogen) atoms. The minimum Gasteiger partial charge on any atom is -0.392 e. The van der Waals surface area contributed by atoms with Gasteiger partial charge in [0.1, 0.15) is 0 Å². The Labute approximate surface area is 167 Å². The zero-order chi connectivity index (χ0) is 19.5. The number of likely N-dealkylation sites (tertiary alicyclic amines) is 1. The number of β-amino-alcohol motifs (C(OH)–C–C–N with tert-alkyl or cyclic N) is 1. The lowest BCUT2D eigenvalue weighted by molar-refractivity contribution is 0.0475. The molecule has 4 rings (SSSR count). The first-order chi connectivity index (χ1) is 13.6. The average Bonchev–Trinajstić information content (AvgIpc) is 3.11. The monoisotopic (exact) mass is 399 g/mol. The molecule has 0 bridgehead atoms. The number of piperidine rings is 1. The van der Waals surface area contributed by atoms with Crippen molar-refractivity contribution in [2.45, 2.75) is 25.1 Å². The number of benzene rings is 1. The number of aromatic nitrogens is 3. The minimum absolute atomic E-state index is 0.121. The lowest BCUT2D eigenvalue weighted by Gasteiger charge is -2.36. The molecule has 146 valence electrons. The molecule has 3 heterocycles. The zero-order valence-corrected chi connectivity index (χ0v) is 16.1. The van der Waals surface area contributed by atoms with Crippen LogP contribution in [-0.2, 0) is 6.54 Å². The maximum Gasteiger partial charge on any atom is 0.252 e. The van der Waals surface area contributed by atoms with Crippen LogP contribution in [0.5, 0.6) is 0 Å². The molecule has 0 unspecified atom stereocenters. The molecule has 3 aromatic rings. The van der Waals surface area contributed by atoms with Gasteiger partial charge in [-0.2, -0.15) is 5.10 Å². The first-order valence-electron chi connectivity index (χ1n) is 9.31. The highest BCUT2D eigenvalue weighted by molar-refractivity contribution is 6.30. The SMILES string of the molecule is O=C(N[C@H]1C[C@@H](O)CN(CCn2cc(Cl)cn2)C1)c1ccnc2ccccc12. The Hall–Kier alpha value is -2.48. The number of hydrogen-bond acceptors (Lipinski definition) is 5. The van der Waals surface area contributed by atoms with Crippen LogP contribution in [0.25, 0.3) is 10.9 Å². The first-order valence-corrected chi connectivity index (χ1v) is 9.69. The molecule has 8 heteroatoms. The van der Waals surface area contributed by atoms with Crippen molar-refractivity contribution in [1.82, 2.24) is 25.0 Å². The number of rotatable bonds is 5. The first kappa shape index (κ1) is 18.9. The van der Waals surface area contributed by atoms with Crippen LogP contribution >= 0.6 is 11.6 Å². The molecule has 1 aliphatic heterocycles. The van der Waals surface area contributed by atoms with E-state index in [-0.39, 0.29) is 11.9 Å². The van der Waals surface area contributed by atoms with Crippen molar-refractivity contribution in [2.75, 3.05) is 19.6 Å². The van der Waals surface area contributed by atoms with Crippen LogP contribution in [0, 0.1) is 0 Å². The Balaban J connectivity index is 1.41. The number of nitrogens with zero attached hydrogens (tertiary/aromatic N) is 4. The Bertz CT molecular complexity index is 971. The van der Waals surface area contributed by atoms with E-state index < -0.39 is 6.10 Å². The summed E-state index contributed by atoms with van der Waals surface area (Å²) in [5, 5.41) is 18.9. The van der Waals surface area contributed by atoms with E-state index in [9.17, 15) is 9.90 Å². The zero-order valence-electron chi connectivity index (χ0n) is 15.3. The Morgan fingerprint density at radius 2 is 2.11 bits per heavy atom. The van der Waals surface area contributed by atoms with Crippen LogP contribution in [-0.4, -0.2) is 62.5 Å². The maximum absolute atomic E-state index is 12.9. The van der Waals surface area contributed by atoms with Gasteiger partial charge in [0.05, 0.1) is 34.9 Å². The summed E-state index contributed by atoms with van der Waals surface area (Å²) in [5.74, 6) is -0.142. The topological polar surface area (TPSA) is 83.3 Å². The second-order valence-electron chi connectivity index (χ2n) is 7.12. The van der Waals surface area contributed by atoms with Gasteiger partial charge in [0.25, 0.3) is 5.91 Å². The number of aliphatic hydroxyl groups excluding tert-OH is 1. The van der Waals surface area contributed by atoms with Crippen LogP contribution in [0.15, 0.2) is 48.9 Å². The van der Waals surface area contributed by atoms with E-state index in [4.69, 9.17) is 11.6 Å². The number of fused-ring (bicyclic) bond motifs is 1. The number of amides is 1. The van der Waals surface area contributed by atoms with Crippen molar-refractivity contribution < 1.29 is 9.90 Å². The molecule has 0 aliphatic carbocycles. The van der Waals surface area contributed by atoms with Crippen LogP contribution in [0.3, 0.4) is 0 Å². The van der Waals surface area contributed by atoms with Gasteiger partial charge in [-0.15, -0.1) is 0 Å². The molecule has 1 amide bonds. The number of pyridine rings is 1. The van der Waals surface area contributed by atoms with E-state index in [0.717, 1.165) is 17.4 Å². The summed E-state index contributed by atoms with van der Waals surface area (Å²) in [7, 11) is 0. The summed E-state index contributed by atoms with van der Waals surface area (Å²) in [4.78, 5) is 19.3. The fourth-order valence-corrected chi connectivity index (χ4v) is 3.87. The van der Waals surface area contributed by atoms with Crippen molar-refractivity contribution in [3.8, 4) is 0 Å². The van der Waals surface area contributed by atoms with Crippen LogP contribution in [0.4, 0.5) is 0 Å². The highest BCUT2D eigenvalue weighted by Crippen LogP contribution is 2.18. The molecule has 1 fully saturated rings. The molecular weight excluding hydrogens is 378 g/mol. The predicted molar refractivity (Wildman–Crippen MR) is 107 cm³/mol. The standard InChI is InChI=1S/C20H22ClN5O2/c21-14-10-23-26(11-14)8-7-25-12-15(9-16(27)13-25)24-20(28)18-5-6-22-19-4-2-1-3-17(18)19/h1-6,10-11,15-16,27H,7-9,12-13H2,(H,24,28)/t15-,16+/m0/s1. The van der Waals surface area contributed by atoms with Gasteiger partial charge in [0.15, 0.2) is 0 Å². The normalized spacial score (nSPS) is 20.4. The molecule has 2 atom stereocenters. The lowest BCUT2D eigenvalue weighted by Crippen LogP contribution is -2.53. The average molecular weight is 400 g/mol. The fourth-order valence-electron chi connectivity index (χ4n) is 3.71. The quantitative estimate of drug-likeness (QED) is 0.685.